The molecule has 1 fully saturated rings. The second-order valence-corrected chi connectivity index (χ2v) is 7.18. The largest absolute Gasteiger partial charge is 0.339 e. The summed E-state index contributed by atoms with van der Waals surface area (Å²) in [5.41, 5.74) is 1.94. The fourth-order valence-corrected chi connectivity index (χ4v) is 3.47. The van der Waals surface area contributed by atoms with Gasteiger partial charge in [-0.05, 0) is 49.6 Å². The maximum Gasteiger partial charge on any atom is 0.255 e. The first-order valence-corrected chi connectivity index (χ1v) is 9.17. The van der Waals surface area contributed by atoms with Crippen LogP contribution in [0, 0.1) is 12.8 Å². The third-order valence-electron chi connectivity index (χ3n) is 4.61. The Bertz CT molecular complexity index is 796. The highest BCUT2D eigenvalue weighted by atomic mass is 35.5. The molecular formula is C19H19Cl2N3O2. The summed E-state index contributed by atoms with van der Waals surface area (Å²) in [5, 5.41) is 3.91. The van der Waals surface area contributed by atoms with E-state index in [1.54, 1.807) is 41.6 Å². The van der Waals surface area contributed by atoms with E-state index in [4.69, 9.17) is 23.2 Å². The molecule has 0 unspecified atom stereocenters. The van der Waals surface area contributed by atoms with Gasteiger partial charge >= 0.3 is 0 Å². The number of aromatic nitrogens is 1. The van der Waals surface area contributed by atoms with E-state index in [2.05, 4.69) is 10.3 Å². The van der Waals surface area contributed by atoms with Crippen molar-refractivity contribution >= 4 is 40.7 Å². The number of rotatable bonds is 3. The lowest BCUT2D eigenvalue weighted by molar-refractivity contribution is -0.121. The Labute approximate surface area is 162 Å². The summed E-state index contributed by atoms with van der Waals surface area (Å²) in [6.45, 7) is 2.91. The molecule has 2 heterocycles. The van der Waals surface area contributed by atoms with Gasteiger partial charge in [-0.15, -0.1) is 0 Å². The SMILES string of the molecule is Cc1c(Cl)cc(NC(=O)C2CCN(C(=O)c3cccnc3)CC2)cc1Cl. The molecule has 136 valence electrons. The molecule has 0 atom stereocenters. The minimum Gasteiger partial charge on any atom is -0.339 e. The van der Waals surface area contributed by atoms with Crippen molar-refractivity contribution in [2.45, 2.75) is 19.8 Å². The van der Waals surface area contributed by atoms with Crippen LogP contribution in [-0.4, -0.2) is 34.8 Å². The summed E-state index contributed by atoms with van der Waals surface area (Å²) < 4.78 is 0. The van der Waals surface area contributed by atoms with Crippen LogP contribution in [0.4, 0.5) is 5.69 Å². The van der Waals surface area contributed by atoms with E-state index < -0.39 is 0 Å². The van der Waals surface area contributed by atoms with Crippen molar-refractivity contribution in [1.29, 1.82) is 0 Å². The van der Waals surface area contributed by atoms with Crippen molar-refractivity contribution in [3.05, 3.63) is 57.8 Å². The highest BCUT2D eigenvalue weighted by Crippen LogP contribution is 2.29. The molecule has 2 amide bonds. The second-order valence-electron chi connectivity index (χ2n) is 6.36. The average Bonchev–Trinajstić information content (AvgIpc) is 2.66. The van der Waals surface area contributed by atoms with Crippen LogP contribution in [0.1, 0.15) is 28.8 Å². The van der Waals surface area contributed by atoms with Crippen LogP contribution in [0.25, 0.3) is 0 Å². The Hall–Kier alpha value is -2.11. The van der Waals surface area contributed by atoms with Gasteiger partial charge in [0.2, 0.25) is 5.91 Å². The highest BCUT2D eigenvalue weighted by Gasteiger charge is 2.28. The zero-order valence-electron chi connectivity index (χ0n) is 14.3. The van der Waals surface area contributed by atoms with Gasteiger partial charge < -0.3 is 10.2 Å². The van der Waals surface area contributed by atoms with Crippen molar-refractivity contribution in [2.75, 3.05) is 18.4 Å². The highest BCUT2D eigenvalue weighted by molar-refractivity contribution is 6.36. The molecule has 0 aliphatic carbocycles. The maximum atomic E-state index is 12.5. The van der Waals surface area contributed by atoms with E-state index in [0.717, 1.165) is 5.56 Å². The third kappa shape index (κ3) is 4.17. The Morgan fingerprint density at radius 1 is 1.19 bits per heavy atom. The zero-order valence-corrected chi connectivity index (χ0v) is 15.8. The lowest BCUT2D eigenvalue weighted by Gasteiger charge is -2.31. The molecule has 0 radical (unpaired) electrons. The van der Waals surface area contributed by atoms with Crippen LogP contribution in [0.15, 0.2) is 36.7 Å². The minimum absolute atomic E-state index is 0.0472. The van der Waals surface area contributed by atoms with Gasteiger partial charge in [-0.25, -0.2) is 0 Å². The standard InChI is InChI=1S/C19H19Cl2N3O2/c1-12-16(20)9-15(10-17(12)21)23-18(25)13-4-7-24(8-5-13)19(26)14-3-2-6-22-11-14/h2-3,6,9-11,13H,4-5,7-8H2,1H3,(H,23,25). The summed E-state index contributed by atoms with van der Waals surface area (Å²) in [6.07, 6.45) is 4.43. The van der Waals surface area contributed by atoms with Crippen molar-refractivity contribution in [1.82, 2.24) is 9.88 Å². The van der Waals surface area contributed by atoms with Crippen molar-refractivity contribution in [2.24, 2.45) is 5.92 Å². The van der Waals surface area contributed by atoms with E-state index in [1.807, 2.05) is 6.92 Å². The number of carbonyl (C=O) groups is 2. The van der Waals surface area contributed by atoms with Gasteiger partial charge in [-0.2, -0.15) is 0 Å². The number of piperidine rings is 1. The first-order valence-electron chi connectivity index (χ1n) is 8.41. The first kappa shape index (κ1) is 18.7. The van der Waals surface area contributed by atoms with Gasteiger partial charge in [0, 0.05) is 47.1 Å². The first-order chi connectivity index (χ1) is 12.5. The van der Waals surface area contributed by atoms with Gasteiger partial charge in [0.25, 0.3) is 5.91 Å². The number of hydrogen-bond donors (Lipinski definition) is 1. The predicted molar refractivity (Wildman–Crippen MR) is 103 cm³/mol. The van der Waals surface area contributed by atoms with Gasteiger partial charge in [0.15, 0.2) is 0 Å². The van der Waals surface area contributed by atoms with Crippen LogP contribution < -0.4 is 5.32 Å². The second kappa shape index (κ2) is 8.06. The van der Waals surface area contributed by atoms with E-state index >= 15 is 0 Å². The summed E-state index contributed by atoms with van der Waals surface area (Å²) in [7, 11) is 0. The molecule has 3 rings (SSSR count). The number of benzene rings is 1. The number of amides is 2. The van der Waals surface area contributed by atoms with Crippen molar-refractivity contribution in [3.63, 3.8) is 0 Å². The number of carbonyl (C=O) groups excluding carboxylic acids is 2. The molecule has 1 N–H and O–H groups in total. The molecule has 0 bridgehead atoms. The Morgan fingerprint density at radius 3 is 2.42 bits per heavy atom. The number of halogens is 2. The molecule has 1 aromatic heterocycles. The minimum atomic E-state index is -0.146. The molecular weight excluding hydrogens is 373 g/mol. The van der Waals surface area contributed by atoms with Gasteiger partial charge in [-0.1, -0.05) is 23.2 Å². The van der Waals surface area contributed by atoms with Crippen LogP contribution in [-0.2, 0) is 4.79 Å². The number of nitrogens with zero attached hydrogens (tertiary/aromatic N) is 2. The van der Waals surface area contributed by atoms with Gasteiger partial charge in [-0.3, -0.25) is 14.6 Å². The van der Waals surface area contributed by atoms with E-state index in [1.165, 1.54) is 0 Å². The summed E-state index contributed by atoms with van der Waals surface area (Å²) >= 11 is 12.2. The normalized spacial score (nSPS) is 15.0. The molecule has 0 spiro atoms. The van der Waals surface area contributed by atoms with Crippen LogP contribution in [0.3, 0.4) is 0 Å². The monoisotopic (exact) mass is 391 g/mol. The number of hydrogen-bond acceptors (Lipinski definition) is 3. The number of nitrogens with one attached hydrogen (secondary N) is 1. The summed E-state index contributed by atoms with van der Waals surface area (Å²) in [6, 6.07) is 6.88. The fraction of sp³-hybridized carbons (Fsp3) is 0.316. The number of pyridine rings is 1. The molecule has 2 aromatic rings. The molecule has 1 aliphatic rings. The smallest absolute Gasteiger partial charge is 0.255 e. The van der Waals surface area contributed by atoms with E-state index in [0.29, 0.717) is 47.2 Å². The molecule has 26 heavy (non-hydrogen) atoms. The molecule has 5 nitrogen and oxygen atoms in total. The molecule has 0 saturated carbocycles. The van der Waals surface area contributed by atoms with Crippen LogP contribution in [0.2, 0.25) is 10.0 Å². The Morgan fingerprint density at radius 2 is 1.85 bits per heavy atom. The fourth-order valence-electron chi connectivity index (χ4n) is 2.98. The molecule has 1 saturated heterocycles. The van der Waals surface area contributed by atoms with Crippen molar-refractivity contribution < 1.29 is 9.59 Å². The Balaban J connectivity index is 1.58. The lowest BCUT2D eigenvalue weighted by Crippen LogP contribution is -2.41. The van der Waals surface area contributed by atoms with Crippen molar-refractivity contribution in [3.8, 4) is 0 Å². The third-order valence-corrected chi connectivity index (χ3v) is 5.40. The van der Waals surface area contributed by atoms with E-state index in [-0.39, 0.29) is 17.7 Å². The van der Waals surface area contributed by atoms with Gasteiger partial charge in [0.05, 0.1) is 5.56 Å². The topological polar surface area (TPSA) is 62.3 Å². The molecule has 7 heteroatoms. The Kier molecular flexibility index (Phi) is 5.79. The summed E-state index contributed by atoms with van der Waals surface area (Å²) in [5.74, 6) is -0.268. The molecule has 1 aromatic carbocycles. The summed E-state index contributed by atoms with van der Waals surface area (Å²) in [4.78, 5) is 30.7. The number of likely N-dealkylation sites (tertiary alicyclic amines) is 1. The number of anilines is 1. The predicted octanol–water partition coefficient (Wildman–Crippen LogP) is 4.19. The van der Waals surface area contributed by atoms with Crippen LogP contribution in [0.5, 0.6) is 0 Å². The van der Waals surface area contributed by atoms with Crippen LogP contribution >= 0.6 is 23.2 Å². The van der Waals surface area contributed by atoms with Gasteiger partial charge in [0.1, 0.15) is 0 Å². The quantitative estimate of drug-likeness (QED) is 0.852. The molecule has 1 aliphatic heterocycles. The van der Waals surface area contributed by atoms with E-state index in [9.17, 15) is 9.59 Å². The average molecular weight is 392 g/mol. The lowest BCUT2D eigenvalue weighted by atomic mass is 9.95. The zero-order chi connectivity index (χ0) is 18.7. The maximum absolute atomic E-state index is 12.5.